The minimum Gasteiger partial charge on any atom is -0.321 e. The number of carbonyl (C=O) groups is 3. The molecule has 2 heterocycles. The van der Waals surface area contributed by atoms with Gasteiger partial charge < -0.3 is 5.32 Å². The third-order valence-corrected chi connectivity index (χ3v) is 5.76. The van der Waals surface area contributed by atoms with Crippen molar-refractivity contribution in [3.8, 4) is 0 Å². The number of amides is 3. The second-order valence-corrected chi connectivity index (χ2v) is 8.18. The van der Waals surface area contributed by atoms with Gasteiger partial charge in [-0.1, -0.05) is 24.3 Å². The summed E-state index contributed by atoms with van der Waals surface area (Å²) in [5, 5.41) is 4.57. The molecule has 4 rings (SSSR count). The Morgan fingerprint density at radius 1 is 1.04 bits per heavy atom. The molecule has 1 aromatic heterocycles. The van der Waals surface area contributed by atoms with Gasteiger partial charge in [0, 0.05) is 3.57 Å². The summed E-state index contributed by atoms with van der Waals surface area (Å²) in [5.41, 5.74) is 1.79. The summed E-state index contributed by atoms with van der Waals surface area (Å²) in [7, 11) is 0. The number of thiophene rings is 1. The molecule has 0 unspecified atom stereocenters. The van der Waals surface area contributed by atoms with Gasteiger partial charge in [0.05, 0.1) is 28.2 Å². The van der Waals surface area contributed by atoms with Gasteiger partial charge in [-0.05, 0) is 63.9 Å². The van der Waals surface area contributed by atoms with Gasteiger partial charge in [0.1, 0.15) is 0 Å². The van der Waals surface area contributed by atoms with Crippen LogP contribution in [0.2, 0.25) is 0 Å². The maximum Gasteiger partial charge on any atom is 0.265 e. The van der Waals surface area contributed by atoms with Crippen LogP contribution in [-0.4, -0.2) is 22.6 Å². The lowest BCUT2D eigenvalue weighted by molar-refractivity contribution is 0.0642. The molecule has 0 bridgehead atoms. The fraction of sp³-hybridized carbons (Fsp3) is 0.0500. The van der Waals surface area contributed by atoms with Crippen LogP contribution in [0.4, 0.5) is 5.69 Å². The maximum absolute atomic E-state index is 12.9. The SMILES string of the molecule is O=C(Nc1cccc2c1C(=O)N(Cc1cccc(I)c1)C2=O)c1cccs1. The molecule has 1 N–H and O–H groups in total. The van der Waals surface area contributed by atoms with E-state index in [2.05, 4.69) is 27.9 Å². The average molecular weight is 488 g/mol. The Hall–Kier alpha value is -2.52. The van der Waals surface area contributed by atoms with Crippen molar-refractivity contribution in [1.29, 1.82) is 0 Å². The largest absolute Gasteiger partial charge is 0.321 e. The molecule has 0 saturated carbocycles. The van der Waals surface area contributed by atoms with Crippen molar-refractivity contribution in [3.63, 3.8) is 0 Å². The van der Waals surface area contributed by atoms with E-state index in [9.17, 15) is 14.4 Å². The first kappa shape index (κ1) is 17.9. The number of imide groups is 1. The molecule has 1 aliphatic heterocycles. The van der Waals surface area contributed by atoms with Crippen molar-refractivity contribution in [2.75, 3.05) is 5.32 Å². The van der Waals surface area contributed by atoms with E-state index in [1.165, 1.54) is 16.2 Å². The number of anilines is 1. The monoisotopic (exact) mass is 488 g/mol. The topological polar surface area (TPSA) is 66.5 Å². The lowest BCUT2D eigenvalue weighted by atomic mass is 10.1. The molecule has 27 heavy (non-hydrogen) atoms. The van der Waals surface area contributed by atoms with E-state index in [1.807, 2.05) is 29.6 Å². The second kappa shape index (κ2) is 7.24. The van der Waals surface area contributed by atoms with E-state index in [-0.39, 0.29) is 23.9 Å². The number of nitrogens with zero attached hydrogens (tertiary/aromatic N) is 1. The standard InChI is InChI=1S/C20H13IN2O3S/c21-13-5-1-4-12(10-13)11-23-19(25)14-6-2-7-15(17(14)20(23)26)22-18(24)16-8-3-9-27-16/h1-10H,11H2,(H,22,24). The Bertz CT molecular complexity index is 1060. The van der Waals surface area contributed by atoms with E-state index < -0.39 is 5.91 Å². The Morgan fingerprint density at radius 2 is 1.85 bits per heavy atom. The molecule has 0 fully saturated rings. The number of hydrogen-bond acceptors (Lipinski definition) is 4. The number of fused-ring (bicyclic) bond motifs is 1. The third-order valence-electron chi connectivity index (χ3n) is 4.22. The van der Waals surface area contributed by atoms with Crippen molar-refractivity contribution in [1.82, 2.24) is 4.90 Å². The number of carbonyl (C=O) groups excluding carboxylic acids is 3. The van der Waals surface area contributed by atoms with Gasteiger partial charge in [0.25, 0.3) is 17.7 Å². The highest BCUT2D eigenvalue weighted by molar-refractivity contribution is 14.1. The normalized spacial score (nSPS) is 13.0. The number of halogens is 1. The lowest BCUT2D eigenvalue weighted by Crippen LogP contribution is -2.29. The Morgan fingerprint density at radius 3 is 2.59 bits per heavy atom. The van der Waals surface area contributed by atoms with Crippen LogP contribution in [0.15, 0.2) is 60.0 Å². The van der Waals surface area contributed by atoms with Gasteiger partial charge in [0.15, 0.2) is 0 Å². The van der Waals surface area contributed by atoms with E-state index in [4.69, 9.17) is 0 Å². The van der Waals surface area contributed by atoms with Crippen LogP contribution < -0.4 is 5.32 Å². The van der Waals surface area contributed by atoms with E-state index in [0.29, 0.717) is 16.1 Å². The van der Waals surface area contributed by atoms with Crippen LogP contribution in [0.5, 0.6) is 0 Å². The minimum atomic E-state index is -0.393. The molecule has 0 aliphatic carbocycles. The van der Waals surface area contributed by atoms with Gasteiger partial charge in [0.2, 0.25) is 0 Å². The molecule has 134 valence electrons. The van der Waals surface area contributed by atoms with Gasteiger partial charge in [-0.3, -0.25) is 19.3 Å². The zero-order valence-corrected chi connectivity index (χ0v) is 16.9. The highest BCUT2D eigenvalue weighted by Crippen LogP contribution is 2.31. The second-order valence-electron chi connectivity index (χ2n) is 5.99. The van der Waals surface area contributed by atoms with Crippen molar-refractivity contribution in [2.45, 2.75) is 6.54 Å². The van der Waals surface area contributed by atoms with Crippen LogP contribution in [0.25, 0.3) is 0 Å². The lowest BCUT2D eigenvalue weighted by Gasteiger charge is -2.14. The summed E-state index contributed by atoms with van der Waals surface area (Å²) in [5.74, 6) is -1.04. The molecular formula is C20H13IN2O3S. The quantitative estimate of drug-likeness (QED) is 0.438. The number of benzene rings is 2. The zero-order chi connectivity index (χ0) is 19.0. The molecular weight excluding hydrogens is 475 g/mol. The first-order valence-corrected chi connectivity index (χ1v) is 10.1. The van der Waals surface area contributed by atoms with Crippen LogP contribution in [0, 0.1) is 3.57 Å². The van der Waals surface area contributed by atoms with Gasteiger partial charge >= 0.3 is 0 Å². The molecule has 7 heteroatoms. The third kappa shape index (κ3) is 3.40. The number of rotatable bonds is 4. The van der Waals surface area contributed by atoms with Gasteiger partial charge in [-0.25, -0.2) is 0 Å². The van der Waals surface area contributed by atoms with Crippen molar-refractivity contribution < 1.29 is 14.4 Å². The van der Waals surface area contributed by atoms with E-state index >= 15 is 0 Å². The first-order valence-electron chi connectivity index (χ1n) is 8.13. The van der Waals surface area contributed by atoms with Crippen LogP contribution in [0.1, 0.15) is 36.0 Å². The van der Waals surface area contributed by atoms with Crippen LogP contribution >= 0.6 is 33.9 Å². The summed E-state index contributed by atoms with van der Waals surface area (Å²) in [6, 6.07) is 16.1. The average Bonchev–Trinajstić information content (AvgIpc) is 3.26. The predicted molar refractivity (Wildman–Crippen MR) is 112 cm³/mol. The fourth-order valence-electron chi connectivity index (χ4n) is 2.99. The predicted octanol–water partition coefficient (Wildman–Crippen LogP) is 4.40. The number of nitrogens with one attached hydrogen (secondary N) is 1. The highest BCUT2D eigenvalue weighted by atomic mass is 127. The Balaban J connectivity index is 1.64. The van der Waals surface area contributed by atoms with Crippen molar-refractivity contribution >= 4 is 57.3 Å². The summed E-state index contributed by atoms with van der Waals surface area (Å²) in [6.45, 7) is 0.196. The molecule has 5 nitrogen and oxygen atoms in total. The highest BCUT2D eigenvalue weighted by Gasteiger charge is 2.37. The summed E-state index contributed by atoms with van der Waals surface area (Å²) in [6.07, 6.45) is 0. The minimum absolute atomic E-state index is 0.196. The smallest absolute Gasteiger partial charge is 0.265 e. The molecule has 0 radical (unpaired) electrons. The van der Waals surface area contributed by atoms with Gasteiger partial charge in [-0.2, -0.15) is 0 Å². The van der Waals surface area contributed by atoms with Crippen LogP contribution in [0.3, 0.4) is 0 Å². The van der Waals surface area contributed by atoms with E-state index in [1.54, 1.807) is 30.3 Å². The molecule has 1 aliphatic rings. The first-order chi connectivity index (χ1) is 13.0. The summed E-state index contributed by atoms with van der Waals surface area (Å²) >= 11 is 3.50. The number of hydrogen-bond donors (Lipinski definition) is 1. The zero-order valence-electron chi connectivity index (χ0n) is 13.9. The van der Waals surface area contributed by atoms with Crippen molar-refractivity contribution in [2.24, 2.45) is 0 Å². The summed E-state index contributed by atoms with van der Waals surface area (Å²) in [4.78, 5) is 39.8. The molecule has 3 amide bonds. The van der Waals surface area contributed by atoms with E-state index in [0.717, 1.165) is 9.13 Å². The Kier molecular flexibility index (Phi) is 4.79. The van der Waals surface area contributed by atoms with Crippen molar-refractivity contribution in [3.05, 3.63) is 85.1 Å². The molecule has 0 atom stereocenters. The fourth-order valence-corrected chi connectivity index (χ4v) is 4.22. The summed E-state index contributed by atoms with van der Waals surface area (Å²) < 4.78 is 1.03. The molecule has 0 spiro atoms. The molecule has 2 aromatic carbocycles. The molecule has 3 aromatic rings. The maximum atomic E-state index is 12.9. The Labute approximate surface area is 173 Å². The van der Waals surface area contributed by atoms with Gasteiger partial charge in [-0.15, -0.1) is 11.3 Å². The van der Waals surface area contributed by atoms with Crippen LogP contribution in [-0.2, 0) is 6.54 Å². The molecule has 0 saturated heterocycles.